The zero-order valence-corrected chi connectivity index (χ0v) is 22.7. The smallest absolute Gasteiger partial charge is 0.265 e. The molecule has 8 nitrogen and oxygen atoms in total. The Balaban J connectivity index is 1.37. The fourth-order valence-electron chi connectivity index (χ4n) is 4.16. The third-order valence-electron chi connectivity index (χ3n) is 5.95. The average molecular weight is 575 g/mol. The number of nitrogens with zero attached hydrogens (tertiary/aromatic N) is 4. The standard InChI is InChI=1S/C25H20Cl2N4O4S2/c1-30-9-8-28-24(30)16-3-4-18-20(12-16)29-14-31(25(18)33)21-5-2-15(11-19(21)26)10-17(32)13-37(34,35)23-7-6-22(27)36-23/h2-7,11-12,14H,8-10,13H2,1H3. The van der Waals surface area contributed by atoms with Crippen molar-refractivity contribution in [2.75, 3.05) is 25.9 Å². The summed E-state index contributed by atoms with van der Waals surface area (Å²) in [6.45, 7) is 1.58. The van der Waals surface area contributed by atoms with Crippen LogP contribution in [0.5, 0.6) is 0 Å². The van der Waals surface area contributed by atoms with Gasteiger partial charge in [0.15, 0.2) is 15.6 Å². The van der Waals surface area contributed by atoms with Crippen molar-refractivity contribution in [2.45, 2.75) is 10.6 Å². The fourth-order valence-corrected chi connectivity index (χ4v) is 7.26. The molecule has 5 rings (SSSR count). The van der Waals surface area contributed by atoms with E-state index in [4.69, 9.17) is 23.2 Å². The Kier molecular flexibility index (Phi) is 6.93. The van der Waals surface area contributed by atoms with Crippen molar-refractivity contribution in [1.82, 2.24) is 14.5 Å². The summed E-state index contributed by atoms with van der Waals surface area (Å²) in [4.78, 5) is 36.7. The summed E-state index contributed by atoms with van der Waals surface area (Å²) in [5.41, 5.74) is 2.10. The third kappa shape index (κ3) is 5.19. The van der Waals surface area contributed by atoms with Gasteiger partial charge in [0.1, 0.15) is 22.1 Å². The average Bonchev–Trinajstić information content (AvgIpc) is 3.48. The number of amidine groups is 1. The topological polar surface area (TPSA) is 102 Å². The summed E-state index contributed by atoms with van der Waals surface area (Å²) in [5, 5.41) is 0.668. The number of hydrogen-bond acceptors (Lipinski definition) is 8. The number of aromatic nitrogens is 2. The Labute approximate surface area is 226 Å². The minimum Gasteiger partial charge on any atom is -0.358 e. The van der Waals surface area contributed by atoms with Crippen LogP contribution in [0.1, 0.15) is 11.1 Å². The molecule has 0 bridgehead atoms. The predicted molar refractivity (Wildman–Crippen MR) is 146 cm³/mol. The highest BCUT2D eigenvalue weighted by Gasteiger charge is 2.22. The molecule has 0 amide bonds. The maximum Gasteiger partial charge on any atom is 0.265 e. The second-order valence-electron chi connectivity index (χ2n) is 8.60. The van der Waals surface area contributed by atoms with Gasteiger partial charge in [-0.1, -0.05) is 35.3 Å². The number of rotatable bonds is 7. The summed E-state index contributed by atoms with van der Waals surface area (Å²) in [7, 11) is -1.80. The van der Waals surface area contributed by atoms with Crippen LogP contribution in [0.2, 0.25) is 9.36 Å². The van der Waals surface area contributed by atoms with Crippen molar-refractivity contribution in [3.63, 3.8) is 0 Å². The normalized spacial score (nSPS) is 13.8. The molecule has 0 atom stereocenters. The van der Waals surface area contributed by atoms with Crippen LogP contribution in [0.3, 0.4) is 0 Å². The van der Waals surface area contributed by atoms with Crippen LogP contribution < -0.4 is 5.56 Å². The predicted octanol–water partition coefficient (Wildman–Crippen LogP) is 4.03. The van der Waals surface area contributed by atoms with Gasteiger partial charge in [0.2, 0.25) is 0 Å². The van der Waals surface area contributed by atoms with Crippen LogP contribution in [0, 0.1) is 0 Å². The van der Waals surface area contributed by atoms with Gasteiger partial charge < -0.3 is 4.90 Å². The molecule has 37 heavy (non-hydrogen) atoms. The van der Waals surface area contributed by atoms with Gasteiger partial charge in [-0.15, -0.1) is 11.3 Å². The van der Waals surface area contributed by atoms with E-state index >= 15 is 0 Å². The Morgan fingerprint density at radius 1 is 1.11 bits per heavy atom. The lowest BCUT2D eigenvalue weighted by atomic mass is 10.1. The molecule has 0 spiro atoms. The van der Waals surface area contributed by atoms with Gasteiger partial charge in [-0.25, -0.2) is 13.4 Å². The molecule has 0 N–H and O–H groups in total. The van der Waals surface area contributed by atoms with Gasteiger partial charge in [-0.3, -0.25) is 19.1 Å². The summed E-state index contributed by atoms with van der Waals surface area (Å²) >= 11 is 13.2. The number of Topliss-reactive ketones (excluding diaryl/α,β-unsaturated/α-hetero) is 1. The molecular weight excluding hydrogens is 555 g/mol. The minimum absolute atomic E-state index is 0.0535. The van der Waals surface area contributed by atoms with E-state index in [0.717, 1.165) is 35.8 Å². The van der Waals surface area contributed by atoms with Crippen molar-refractivity contribution < 1.29 is 13.2 Å². The molecule has 1 aliphatic rings. The molecule has 2 aromatic heterocycles. The number of aliphatic imine (C=N–C) groups is 1. The molecule has 0 fully saturated rings. The van der Waals surface area contributed by atoms with Crippen molar-refractivity contribution >= 4 is 66.9 Å². The van der Waals surface area contributed by atoms with Gasteiger partial charge in [-0.05, 0) is 42.0 Å². The number of likely N-dealkylation sites (N-methyl/N-ethyl adjacent to an activating group) is 1. The zero-order valence-electron chi connectivity index (χ0n) is 19.5. The van der Waals surface area contributed by atoms with E-state index < -0.39 is 21.4 Å². The summed E-state index contributed by atoms with van der Waals surface area (Å²) < 4.78 is 26.7. The maximum atomic E-state index is 13.2. The van der Waals surface area contributed by atoms with Gasteiger partial charge in [0.05, 0.1) is 32.5 Å². The van der Waals surface area contributed by atoms with E-state index in [1.165, 1.54) is 23.0 Å². The van der Waals surface area contributed by atoms with E-state index in [0.29, 0.717) is 26.5 Å². The lowest BCUT2D eigenvalue weighted by Gasteiger charge is -2.14. The fraction of sp³-hybridized carbons (Fsp3) is 0.200. The quantitative estimate of drug-likeness (QED) is 0.330. The number of benzene rings is 2. The number of carbonyl (C=O) groups is 1. The molecule has 12 heteroatoms. The lowest BCUT2D eigenvalue weighted by Crippen LogP contribution is -2.24. The molecular formula is C25H20Cl2N4O4S2. The van der Waals surface area contributed by atoms with Gasteiger partial charge in [0.25, 0.3) is 5.56 Å². The van der Waals surface area contributed by atoms with Crippen molar-refractivity contribution in [2.24, 2.45) is 4.99 Å². The van der Waals surface area contributed by atoms with Crippen LogP contribution in [0.15, 0.2) is 68.9 Å². The monoisotopic (exact) mass is 574 g/mol. The third-order valence-corrected chi connectivity index (χ3v) is 9.75. The molecule has 1 aliphatic heterocycles. The summed E-state index contributed by atoms with van der Waals surface area (Å²) in [6, 6.07) is 13.1. The van der Waals surface area contributed by atoms with Crippen LogP contribution in [0.4, 0.5) is 0 Å². The van der Waals surface area contributed by atoms with Crippen LogP contribution >= 0.6 is 34.5 Å². The molecule has 0 unspecified atom stereocenters. The molecule has 0 saturated heterocycles. The van der Waals surface area contributed by atoms with E-state index in [1.807, 2.05) is 19.2 Å². The SMILES string of the molecule is CN1CCN=C1c1ccc2c(=O)n(-c3ccc(CC(=O)CS(=O)(=O)c4ccc(Cl)s4)cc3Cl)cnc2c1. The minimum atomic E-state index is -3.77. The number of fused-ring (bicyclic) bond motifs is 1. The van der Waals surface area contributed by atoms with Crippen LogP contribution in [-0.2, 0) is 21.1 Å². The van der Waals surface area contributed by atoms with Crippen molar-refractivity contribution in [3.05, 3.63) is 85.7 Å². The number of sulfone groups is 1. The first-order chi connectivity index (χ1) is 17.6. The first-order valence-electron chi connectivity index (χ1n) is 11.2. The maximum absolute atomic E-state index is 13.2. The molecule has 0 aliphatic carbocycles. The van der Waals surface area contributed by atoms with Crippen molar-refractivity contribution in [1.29, 1.82) is 0 Å². The molecule has 4 aromatic rings. The highest BCUT2D eigenvalue weighted by Crippen LogP contribution is 2.27. The van der Waals surface area contributed by atoms with E-state index in [-0.39, 0.29) is 21.2 Å². The van der Waals surface area contributed by atoms with E-state index in [1.54, 1.807) is 24.3 Å². The summed E-state index contributed by atoms with van der Waals surface area (Å²) in [6.07, 6.45) is 1.30. The van der Waals surface area contributed by atoms with Gasteiger partial charge in [-0.2, -0.15) is 0 Å². The molecule has 0 saturated carbocycles. The molecule has 3 heterocycles. The van der Waals surface area contributed by atoms with Crippen LogP contribution in [-0.4, -0.2) is 60.4 Å². The Hall–Kier alpha value is -3.05. The molecule has 190 valence electrons. The van der Waals surface area contributed by atoms with Crippen molar-refractivity contribution in [3.8, 4) is 5.69 Å². The highest BCUT2D eigenvalue weighted by atomic mass is 35.5. The largest absolute Gasteiger partial charge is 0.358 e. The first-order valence-corrected chi connectivity index (χ1v) is 14.4. The lowest BCUT2D eigenvalue weighted by molar-refractivity contribution is -0.116. The number of halogens is 2. The Bertz CT molecular complexity index is 1750. The number of thiophene rings is 1. The number of carbonyl (C=O) groups excluding carboxylic acids is 1. The van der Waals surface area contributed by atoms with E-state index in [2.05, 4.69) is 14.9 Å². The second-order valence-corrected chi connectivity index (χ2v) is 12.9. The Morgan fingerprint density at radius 2 is 1.92 bits per heavy atom. The van der Waals surface area contributed by atoms with Gasteiger partial charge >= 0.3 is 0 Å². The number of hydrogen-bond donors (Lipinski definition) is 0. The summed E-state index contributed by atoms with van der Waals surface area (Å²) in [5.74, 6) is -0.249. The molecule has 2 aromatic carbocycles. The Morgan fingerprint density at radius 3 is 2.59 bits per heavy atom. The highest BCUT2D eigenvalue weighted by molar-refractivity contribution is 7.94. The van der Waals surface area contributed by atoms with Gasteiger partial charge in [0, 0.05) is 25.6 Å². The number of ketones is 1. The zero-order chi connectivity index (χ0) is 26.3. The van der Waals surface area contributed by atoms with Crippen LogP contribution in [0.25, 0.3) is 16.6 Å². The second kappa shape index (κ2) is 10.0. The molecule has 0 radical (unpaired) electrons. The first kappa shape index (κ1) is 25.6. The van der Waals surface area contributed by atoms with E-state index in [9.17, 15) is 18.0 Å².